The molecule has 0 aliphatic carbocycles. The molecule has 5 rings (SSSR count). The first-order valence-electron chi connectivity index (χ1n) is 9.78. The largest absolute Gasteiger partial charge is 0.441 e. The number of nitrogens with one attached hydrogen (secondary N) is 1. The Bertz CT molecular complexity index is 1080. The molecule has 8 heteroatoms. The lowest BCUT2D eigenvalue weighted by molar-refractivity contribution is 0.0438. The third kappa shape index (κ3) is 3.20. The fourth-order valence-corrected chi connectivity index (χ4v) is 4.13. The molecule has 8 nitrogen and oxygen atoms in total. The SMILES string of the molecule is O=C1NCC2(CCCN(C(=O)c3cnc4c(c3)ncn4-c3ccccc3)CC2)O1. The van der Waals surface area contributed by atoms with E-state index in [0.29, 0.717) is 42.8 Å². The van der Waals surface area contributed by atoms with Crippen LogP contribution in [0.25, 0.3) is 16.9 Å². The number of carbonyl (C=O) groups excluding carboxylic acids is 2. The monoisotopic (exact) mass is 391 g/mol. The van der Waals surface area contributed by atoms with Gasteiger partial charge in [0.25, 0.3) is 5.91 Å². The summed E-state index contributed by atoms with van der Waals surface area (Å²) in [4.78, 5) is 35.3. The number of fused-ring (bicyclic) bond motifs is 1. The van der Waals surface area contributed by atoms with E-state index in [1.807, 2.05) is 39.8 Å². The van der Waals surface area contributed by atoms with Crippen molar-refractivity contribution < 1.29 is 14.3 Å². The standard InChI is InChI=1S/C21H21N5O3/c27-19(25-9-4-7-21(8-10-25)13-23-20(28)29-21)15-11-17-18(22-12-15)26(14-24-17)16-5-2-1-3-6-16/h1-3,5-6,11-12,14H,4,7-10,13H2,(H,23,28). The molecule has 4 heterocycles. The fraction of sp³-hybridized carbons (Fsp3) is 0.333. The number of rotatable bonds is 2. The molecule has 1 spiro atoms. The summed E-state index contributed by atoms with van der Waals surface area (Å²) in [5.41, 5.74) is 2.40. The quantitative estimate of drug-likeness (QED) is 0.725. The molecule has 2 aliphatic rings. The Morgan fingerprint density at radius 3 is 2.79 bits per heavy atom. The molecule has 3 aromatic rings. The minimum atomic E-state index is -0.483. The molecule has 0 radical (unpaired) electrons. The van der Waals surface area contributed by atoms with Crippen molar-refractivity contribution in [3.05, 3.63) is 54.5 Å². The van der Waals surface area contributed by atoms with Crippen LogP contribution in [0.5, 0.6) is 0 Å². The number of likely N-dealkylation sites (tertiary alicyclic amines) is 1. The van der Waals surface area contributed by atoms with Gasteiger partial charge in [-0.15, -0.1) is 0 Å². The van der Waals surface area contributed by atoms with Crippen LogP contribution in [0.2, 0.25) is 0 Å². The van der Waals surface area contributed by atoms with Crippen LogP contribution >= 0.6 is 0 Å². The van der Waals surface area contributed by atoms with E-state index in [1.54, 1.807) is 18.6 Å². The van der Waals surface area contributed by atoms with Gasteiger partial charge in [0.15, 0.2) is 5.65 Å². The number of imidazole rings is 1. The van der Waals surface area contributed by atoms with Gasteiger partial charge in [0.05, 0.1) is 12.1 Å². The van der Waals surface area contributed by atoms with Crippen molar-refractivity contribution in [3.8, 4) is 5.69 Å². The van der Waals surface area contributed by atoms with E-state index < -0.39 is 5.60 Å². The van der Waals surface area contributed by atoms with Crippen LogP contribution in [0.3, 0.4) is 0 Å². The van der Waals surface area contributed by atoms with Gasteiger partial charge in [-0.1, -0.05) is 18.2 Å². The molecule has 148 valence electrons. The van der Waals surface area contributed by atoms with Crippen LogP contribution < -0.4 is 5.32 Å². The Labute approximate surface area is 167 Å². The van der Waals surface area contributed by atoms with Crippen molar-refractivity contribution >= 4 is 23.2 Å². The zero-order valence-corrected chi connectivity index (χ0v) is 15.9. The Morgan fingerprint density at radius 1 is 1.14 bits per heavy atom. The lowest BCUT2D eigenvalue weighted by Gasteiger charge is -2.25. The topological polar surface area (TPSA) is 89.4 Å². The number of alkyl carbamates (subject to hydrolysis) is 1. The van der Waals surface area contributed by atoms with Crippen molar-refractivity contribution in [1.29, 1.82) is 0 Å². The van der Waals surface area contributed by atoms with Crippen molar-refractivity contribution in [1.82, 2.24) is 24.8 Å². The summed E-state index contributed by atoms with van der Waals surface area (Å²) in [5.74, 6) is -0.0667. The van der Waals surface area contributed by atoms with E-state index in [4.69, 9.17) is 4.74 Å². The minimum absolute atomic E-state index is 0.0667. The summed E-state index contributed by atoms with van der Waals surface area (Å²) in [6, 6.07) is 11.6. The number of pyridine rings is 1. The van der Waals surface area contributed by atoms with Gasteiger partial charge in [0.2, 0.25) is 0 Å². The van der Waals surface area contributed by atoms with Crippen LogP contribution in [-0.2, 0) is 4.74 Å². The third-order valence-electron chi connectivity index (χ3n) is 5.72. The zero-order chi connectivity index (χ0) is 19.8. The second-order valence-corrected chi connectivity index (χ2v) is 7.59. The maximum atomic E-state index is 13.1. The molecule has 2 aromatic heterocycles. The van der Waals surface area contributed by atoms with Crippen LogP contribution in [0, 0.1) is 0 Å². The maximum Gasteiger partial charge on any atom is 0.407 e. The third-order valence-corrected chi connectivity index (χ3v) is 5.72. The van der Waals surface area contributed by atoms with E-state index in [1.165, 1.54) is 0 Å². The summed E-state index contributed by atoms with van der Waals surface area (Å²) in [5, 5.41) is 2.73. The highest BCUT2D eigenvalue weighted by atomic mass is 16.6. The Kier molecular flexibility index (Phi) is 4.19. The Morgan fingerprint density at radius 2 is 2.00 bits per heavy atom. The summed E-state index contributed by atoms with van der Waals surface area (Å²) < 4.78 is 7.40. The average Bonchev–Trinajstić information content (AvgIpc) is 3.27. The Hall–Kier alpha value is -3.42. The van der Waals surface area contributed by atoms with Gasteiger partial charge in [0, 0.05) is 31.4 Å². The molecule has 2 fully saturated rings. The van der Waals surface area contributed by atoms with Crippen LogP contribution in [0.15, 0.2) is 48.9 Å². The normalized spacial score (nSPS) is 21.8. The number of amides is 2. The predicted molar refractivity (Wildman–Crippen MR) is 106 cm³/mol. The number of nitrogens with zero attached hydrogens (tertiary/aromatic N) is 4. The smallest absolute Gasteiger partial charge is 0.407 e. The molecule has 1 N–H and O–H groups in total. The second-order valence-electron chi connectivity index (χ2n) is 7.59. The first kappa shape index (κ1) is 17.7. The lowest BCUT2D eigenvalue weighted by atomic mass is 9.95. The van der Waals surface area contributed by atoms with Crippen molar-refractivity contribution in [2.75, 3.05) is 19.6 Å². The number of para-hydroxylation sites is 1. The molecule has 2 amide bonds. The van der Waals surface area contributed by atoms with Gasteiger partial charge in [-0.05, 0) is 31.0 Å². The highest BCUT2D eigenvalue weighted by Crippen LogP contribution is 2.30. The molecule has 1 aromatic carbocycles. The molecule has 1 atom stereocenters. The zero-order valence-electron chi connectivity index (χ0n) is 15.9. The highest BCUT2D eigenvalue weighted by molar-refractivity contribution is 5.96. The first-order valence-corrected chi connectivity index (χ1v) is 9.78. The van der Waals surface area contributed by atoms with E-state index in [2.05, 4.69) is 15.3 Å². The van der Waals surface area contributed by atoms with Gasteiger partial charge in [-0.25, -0.2) is 14.8 Å². The lowest BCUT2D eigenvalue weighted by Crippen LogP contribution is -2.36. The number of benzene rings is 1. The van der Waals surface area contributed by atoms with E-state index in [9.17, 15) is 9.59 Å². The number of ether oxygens (including phenoxy) is 1. The van der Waals surface area contributed by atoms with Gasteiger partial charge in [-0.2, -0.15) is 0 Å². The van der Waals surface area contributed by atoms with Crippen LogP contribution in [0.4, 0.5) is 4.79 Å². The molecule has 29 heavy (non-hydrogen) atoms. The number of hydrogen-bond donors (Lipinski definition) is 1. The summed E-state index contributed by atoms with van der Waals surface area (Å²) in [6.07, 6.45) is 5.15. The van der Waals surface area contributed by atoms with Gasteiger partial charge in [-0.3, -0.25) is 9.36 Å². The molecule has 0 saturated carbocycles. The number of aromatic nitrogens is 3. The summed E-state index contributed by atoms with van der Waals surface area (Å²) >= 11 is 0. The fourth-order valence-electron chi connectivity index (χ4n) is 4.13. The van der Waals surface area contributed by atoms with E-state index >= 15 is 0 Å². The Balaban J connectivity index is 1.37. The summed E-state index contributed by atoms with van der Waals surface area (Å²) in [6.45, 7) is 1.69. The molecule has 1 unspecified atom stereocenters. The highest BCUT2D eigenvalue weighted by Gasteiger charge is 2.41. The average molecular weight is 391 g/mol. The van der Waals surface area contributed by atoms with Crippen molar-refractivity contribution in [2.24, 2.45) is 0 Å². The summed E-state index contributed by atoms with van der Waals surface area (Å²) in [7, 11) is 0. The van der Waals surface area contributed by atoms with Crippen molar-refractivity contribution in [3.63, 3.8) is 0 Å². The van der Waals surface area contributed by atoms with E-state index in [0.717, 1.165) is 18.5 Å². The molecule has 2 aliphatic heterocycles. The minimum Gasteiger partial charge on any atom is -0.441 e. The molecule has 2 saturated heterocycles. The van der Waals surface area contributed by atoms with Gasteiger partial charge in [0.1, 0.15) is 17.4 Å². The first-order chi connectivity index (χ1) is 14.1. The molecule has 0 bridgehead atoms. The van der Waals surface area contributed by atoms with E-state index in [-0.39, 0.29) is 12.0 Å². The predicted octanol–water partition coefficient (Wildman–Crippen LogP) is 2.53. The van der Waals surface area contributed by atoms with Gasteiger partial charge >= 0.3 is 6.09 Å². The number of carbonyl (C=O) groups is 2. The molecular formula is C21H21N5O3. The second kappa shape index (κ2) is 6.88. The number of hydrogen-bond acceptors (Lipinski definition) is 5. The van der Waals surface area contributed by atoms with Crippen molar-refractivity contribution in [2.45, 2.75) is 24.9 Å². The molecular weight excluding hydrogens is 370 g/mol. The van der Waals surface area contributed by atoms with Gasteiger partial charge < -0.3 is 15.0 Å². The van der Waals surface area contributed by atoms with Crippen LogP contribution in [0.1, 0.15) is 29.6 Å². The van der Waals surface area contributed by atoms with Crippen LogP contribution in [-0.4, -0.2) is 56.7 Å². The maximum absolute atomic E-state index is 13.1.